The lowest BCUT2D eigenvalue weighted by molar-refractivity contribution is 0.0967. The van der Waals surface area contributed by atoms with Crippen LogP contribution in [0.3, 0.4) is 0 Å². The van der Waals surface area contributed by atoms with Gasteiger partial charge in [-0.05, 0) is 42.5 Å². The molecule has 74 valence electrons. The number of fused-ring (bicyclic) bond motifs is 1. The van der Waals surface area contributed by atoms with Gasteiger partial charge in [0.1, 0.15) is 5.82 Å². The summed E-state index contributed by atoms with van der Waals surface area (Å²) in [6.45, 7) is 2.07. The van der Waals surface area contributed by atoms with Crippen molar-refractivity contribution >= 4 is 5.78 Å². The van der Waals surface area contributed by atoms with Gasteiger partial charge in [-0.1, -0.05) is 6.92 Å². The lowest BCUT2D eigenvalue weighted by Crippen LogP contribution is -2.03. The van der Waals surface area contributed by atoms with Gasteiger partial charge in [0.05, 0.1) is 0 Å². The minimum Gasteiger partial charge on any atom is -0.294 e. The number of carbonyl (C=O) groups excluding carboxylic acids is 1. The predicted molar refractivity (Wildman–Crippen MR) is 52.8 cm³/mol. The first-order chi connectivity index (χ1) is 6.66. The summed E-state index contributed by atoms with van der Waals surface area (Å²) in [6, 6.07) is 4.48. The molecule has 0 aliphatic heterocycles. The number of hydrogen-bond acceptors (Lipinski definition) is 1. The Hall–Kier alpha value is -1.18. The Bertz CT molecular complexity index is 371. The highest BCUT2D eigenvalue weighted by molar-refractivity contribution is 5.97. The van der Waals surface area contributed by atoms with Gasteiger partial charge in [-0.15, -0.1) is 0 Å². The molecule has 0 saturated carbocycles. The van der Waals surface area contributed by atoms with Crippen LogP contribution in [0.1, 0.15) is 35.7 Å². The summed E-state index contributed by atoms with van der Waals surface area (Å²) in [4.78, 5) is 11.7. The van der Waals surface area contributed by atoms with Crippen LogP contribution in [0.25, 0.3) is 0 Å². The summed E-state index contributed by atoms with van der Waals surface area (Å²) in [5.41, 5.74) is 1.59. The van der Waals surface area contributed by atoms with E-state index in [0.29, 0.717) is 12.3 Å². The molecule has 0 aromatic heterocycles. The van der Waals surface area contributed by atoms with Gasteiger partial charge in [-0.2, -0.15) is 0 Å². The highest BCUT2D eigenvalue weighted by Crippen LogP contribution is 2.24. The quantitative estimate of drug-likeness (QED) is 0.577. The van der Waals surface area contributed by atoms with Crippen molar-refractivity contribution in [2.45, 2.75) is 26.2 Å². The SMILES string of the molecule is CC1CCc2cc(F)ccc2C(=O)C1. The van der Waals surface area contributed by atoms with E-state index < -0.39 is 0 Å². The van der Waals surface area contributed by atoms with Crippen LogP contribution in [-0.4, -0.2) is 5.78 Å². The molecule has 1 aromatic rings. The Kier molecular flexibility index (Phi) is 2.36. The molecule has 0 heterocycles. The zero-order chi connectivity index (χ0) is 10.1. The third-order valence-electron chi connectivity index (χ3n) is 2.81. The lowest BCUT2D eigenvalue weighted by atomic mass is 10.0. The average Bonchev–Trinajstić information content (AvgIpc) is 2.26. The maximum absolute atomic E-state index is 12.9. The van der Waals surface area contributed by atoms with Crippen molar-refractivity contribution in [1.29, 1.82) is 0 Å². The topological polar surface area (TPSA) is 17.1 Å². The van der Waals surface area contributed by atoms with Crippen molar-refractivity contribution in [3.05, 3.63) is 35.1 Å². The molecule has 1 aliphatic rings. The largest absolute Gasteiger partial charge is 0.294 e. The molecule has 0 radical (unpaired) electrons. The van der Waals surface area contributed by atoms with E-state index in [-0.39, 0.29) is 11.6 Å². The maximum atomic E-state index is 12.9. The van der Waals surface area contributed by atoms with Gasteiger partial charge >= 0.3 is 0 Å². The minimum absolute atomic E-state index is 0.157. The average molecular weight is 192 g/mol. The molecule has 1 aliphatic carbocycles. The molecule has 0 N–H and O–H groups in total. The number of halogens is 1. The van der Waals surface area contributed by atoms with Gasteiger partial charge in [0.2, 0.25) is 0 Å². The normalized spacial score (nSPS) is 21.6. The number of benzene rings is 1. The molecule has 2 heteroatoms. The number of Topliss-reactive ketones (excluding diaryl/α,β-unsaturated/α-hetero) is 1. The second kappa shape index (κ2) is 3.52. The Morgan fingerprint density at radius 1 is 1.43 bits per heavy atom. The van der Waals surface area contributed by atoms with Gasteiger partial charge in [-0.25, -0.2) is 4.39 Å². The monoisotopic (exact) mass is 192 g/mol. The number of hydrogen-bond donors (Lipinski definition) is 0. The highest BCUT2D eigenvalue weighted by Gasteiger charge is 2.19. The summed E-state index contributed by atoms with van der Waals surface area (Å²) < 4.78 is 12.9. The van der Waals surface area contributed by atoms with Crippen LogP contribution < -0.4 is 0 Å². The van der Waals surface area contributed by atoms with Gasteiger partial charge in [0.15, 0.2) is 5.78 Å². The van der Waals surface area contributed by atoms with Crippen molar-refractivity contribution < 1.29 is 9.18 Å². The molecule has 2 rings (SSSR count). The molecule has 0 amide bonds. The zero-order valence-electron chi connectivity index (χ0n) is 8.22. The fraction of sp³-hybridized carbons (Fsp3) is 0.417. The maximum Gasteiger partial charge on any atom is 0.163 e. The lowest BCUT2D eigenvalue weighted by Gasteiger charge is -2.02. The Labute approximate surface area is 82.9 Å². The highest BCUT2D eigenvalue weighted by atomic mass is 19.1. The molecule has 0 fully saturated rings. The third kappa shape index (κ3) is 1.69. The standard InChI is InChI=1S/C12H13FO/c1-8-2-3-9-7-10(13)4-5-11(9)12(14)6-8/h4-5,7-8H,2-3,6H2,1H3. The van der Waals surface area contributed by atoms with Crippen molar-refractivity contribution in [2.75, 3.05) is 0 Å². The van der Waals surface area contributed by atoms with Crippen LogP contribution in [0, 0.1) is 11.7 Å². The van der Waals surface area contributed by atoms with Crippen LogP contribution in [0.15, 0.2) is 18.2 Å². The molecular weight excluding hydrogens is 179 g/mol. The third-order valence-corrected chi connectivity index (χ3v) is 2.81. The fourth-order valence-corrected chi connectivity index (χ4v) is 1.97. The van der Waals surface area contributed by atoms with E-state index in [2.05, 4.69) is 6.92 Å². The van der Waals surface area contributed by atoms with Gasteiger partial charge in [0, 0.05) is 12.0 Å². The summed E-state index contributed by atoms with van der Waals surface area (Å²) in [7, 11) is 0. The van der Waals surface area contributed by atoms with Gasteiger partial charge in [0.25, 0.3) is 0 Å². The Morgan fingerprint density at radius 2 is 2.21 bits per heavy atom. The summed E-state index contributed by atoms with van der Waals surface area (Å²) >= 11 is 0. The second-order valence-corrected chi connectivity index (χ2v) is 4.07. The Balaban J connectivity index is 2.43. The van der Waals surface area contributed by atoms with Crippen LogP contribution in [0.4, 0.5) is 4.39 Å². The number of rotatable bonds is 0. The molecule has 1 atom stereocenters. The van der Waals surface area contributed by atoms with E-state index in [1.54, 1.807) is 6.07 Å². The molecule has 0 spiro atoms. The van der Waals surface area contributed by atoms with E-state index in [1.807, 2.05) is 0 Å². The molecule has 1 aromatic carbocycles. The van der Waals surface area contributed by atoms with E-state index in [0.717, 1.165) is 24.0 Å². The predicted octanol–water partition coefficient (Wildman–Crippen LogP) is 2.98. The zero-order valence-corrected chi connectivity index (χ0v) is 8.22. The van der Waals surface area contributed by atoms with Gasteiger partial charge < -0.3 is 0 Å². The van der Waals surface area contributed by atoms with E-state index >= 15 is 0 Å². The van der Waals surface area contributed by atoms with Crippen LogP contribution in [0.5, 0.6) is 0 Å². The Morgan fingerprint density at radius 3 is 3.00 bits per heavy atom. The molecular formula is C12H13FO. The summed E-state index contributed by atoms with van der Waals surface area (Å²) in [5.74, 6) is 0.328. The smallest absolute Gasteiger partial charge is 0.163 e. The van der Waals surface area contributed by atoms with Crippen molar-refractivity contribution in [3.8, 4) is 0 Å². The minimum atomic E-state index is -0.244. The second-order valence-electron chi connectivity index (χ2n) is 4.07. The van der Waals surface area contributed by atoms with Crippen LogP contribution >= 0.6 is 0 Å². The van der Waals surface area contributed by atoms with E-state index in [9.17, 15) is 9.18 Å². The van der Waals surface area contributed by atoms with E-state index in [4.69, 9.17) is 0 Å². The van der Waals surface area contributed by atoms with Crippen molar-refractivity contribution in [1.82, 2.24) is 0 Å². The molecule has 0 saturated heterocycles. The van der Waals surface area contributed by atoms with Crippen LogP contribution in [0.2, 0.25) is 0 Å². The van der Waals surface area contributed by atoms with Crippen LogP contribution in [-0.2, 0) is 6.42 Å². The first-order valence-electron chi connectivity index (χ1n) is 4.98. The van der Waals surface area contributed by atoms with Crippen molar-refractivity contribution in [3.63, 3.8) is 0 Å². The number of aryl methyl sites for hydroxylation is 1. The number of carbonyl (C=O) groups is 1. The summed E-state index contributed by atoms with van der Waals surface area (Å²) in [6.07, 6.45) is 2.39. The first-order valence-corrected chi connectivity index (χ1v) is 4.98. The molecule has 14 heavy (non-hydrogen) atoms. The first kappa shape index (κ1) is 9.38. The van der Waals surface area contributed by atoms with Gasteiger partial charge in [-0.3, -0.25) is 4.79 Å². The number of ketones is 1. The molecule has 1 unspecified atom stereocenters. The van der Waals surface area contributed by atoms with E-state index in [1.165, 1.54) is 12.1 Å². The fourth-order valence-electron chi connectivity index (χ4n) is 1.97. The van der Waals surface area contributed by atoms with Crippen molar-refractivity contribution in [2.24, 2.45) is 5.92 Å². The molecule has 1 nitrogen and oxygen atoms in total. The summed E-state index contributed by atoms with van der Waals surface area (Å²) in [5, 5.41) is 0. The molecule has 0 bridgehead atoms.